The summed E-state index contributed by atoms with van der Waals surface area (Å²) in [5.41, 5.74) is -0.958. The van der Waals surface area contributed by atoms with Crippen molar-refractivity contribution in [2.45, 2.75) is 12.3 Å². The Morgan fingerprint density at radius 1 is 1.45 bits per heavy atom. The molecule has 1 aromatic rings. The molecule has 0 radical (unpaired) electrons. The van der Waals surface area contributed by atoms with Crippen molar-refractivity contribution in [1.29, 1.82) is 0 Å². The largest absolute Gasteiger partial charge is 0.416 e. The smallest absolute Gasteiger partial charge is 0.366 e. The summed E-state index contributed by atoms with van der Waals surface area (Å²) in [5, 5.41) is 5.35. The molecule has 1 aromatic carbocycles. The zero-order valence-electron chi connectivity index (χ0n) is 10.3. The number of nitrogens with one attached hydrogen (secondary N) is 2. The van der Waals surface area contributed by atoms with Crippen LogP contribution in [0.2, 0.25) is 5.02 Å². The topological polar surface area (TPSA) is 50.4 Å². The van der Waals surface area contributed by atoms with Gasteiger partial charge in [0.05, 0.1) is 22.9 Å². The summed E-state index contributed by atoms with van der Waals surface area (Å²) in [6.07, 6.45) is -5.23. The van der Waals surface area contributed by atoms with Crippen LogP contribution in [0, 0.1) is 0 Å². The lowest BCUT2D eigenvalue weighted by molar-refractivity contribution is -0.137. The SMILES string of the molecule is O=C(Nc1cc(C(F)(F)F)ccc1Cl)C1CNCCO1. The fourth-order valence-corrected chi connectivity index (χ4v) is 1.91. The maximum Gasteiger partial charge on any atom is 0.416 e. The highest BCUT2D eigenvalue weighted by molar-refractivity contribution is 6.33. The quantitative estimate of drug-likeness (QED) is 0.881. The van der Waals surface area contributed by atoms with Crippen LogP contribution in [-0.4, -0.2) is 31.7 Å². The first kappa shape index (κ1) is 15.1. The predicted molar refractivity (Wildman–Crippen MR) is 67.7 cm³/mol. The number of rotatable bonds is 2. The summed E-state index contributed by atoms with van der Waals surface area (Å²) in [6, 6.07) is 2.76. The average molecular weight is 309 g/mol. The van der Waals surface area contributed by atoms with Gasteiger partial charge in [0, 0.05) is 13.1 Å². The summed E-state index contributed by atoms with van der Waals surface area (Å²) < 4.78 is 43.0. The molecule has 1 aliphatic rings. The first-order chi connectivity index (χ1) is 9.38. The summed E-state index contributed by atoms with van der Waals surface area (Å²) in [7, 11) is 0. The number of carbonyl (C=O) groups excluding carboxylic acids is 1. The Labute approximate surface area is 118 Å². The number of amides is 1. The van der Waals surface area contributed by atoms with Crippen LogP contribution in [-0.2, 0) is 15.7 Å². The minimum atomic E-state index is -4.49. The molecule has 1 unspecified atom stereocenters. The summed E-state index contributed by atoms with van der Waals surface area (Å²) >= 11 is 5.79. The molecule has 2 rings (SSSR count). The van der Waals surface area contributed by atoms with Gasteiger partial charge in [-0.25, -0.2) is 0 Å². The minimum Gasteiger partial charge on any atom is -0.366 e. The third kappa shape index (κ3) is 3.62. The van der Waals surface area contributed by atoms with Gasteiger partial charge in [-0.2, -0.15) is 13.2 Å². The van der Waals surface area contributed by atoms with E-state index in [4.69, 9.17) is 16.3 Å². The molecule has 4 nitrogen and oxygen atoms in total. The lowest BCUT2D eigenvalue weighted by atomic mass is 10.2. The van der Waals surface area contributed by atoms with Crippen molar-refractivity contribution in [1.82, 2.24) is 5.32 Å². The van der Waals surface area contributed by atoms with E-state index in [-0.39, 0.29) is 10.7 Å². The fraction of sp³-hybridized carbons (Fsp3) is 0.417. The third-order valence-corrected chi connectivity index (χ3v) is 3.10. The number of halogens is 4. The number of alkyl halides is 3. The molecular weight excluding hydrogens is 297 g/mol. The van der Waals surface area contributed by atoms with Gasteiger partial charge in [0.15, 0.2) is 0 Å². The van der Waals surface area contributed by atoms with Gasteiger partial charge in [0.25, 0.3) is 5.91 Å². The van der Waals surface area contributed by atoms with Crippen LogP contribution in [0.3, 0.4) is 0 Å². The average Bonchev–Trinajstić information content (AvgIpc) is 2.41. The molecule has 0 spiro atoms. The van der Waals surface area contributed by atoms with Crippen molar-refractivity contribution in [2.75, 3.05) is 25.0 Å². The molecule has 1 atom stereocenters. The number of ether oxygens (including phenoxy) is 1. The van der Waals surface area contributed by atoms with E-state index in [1.165, 1.54) is 0 Å². The van der Waals surface area contributed by atoms with E-state index in [1.54, 1.807) is 0 Å². The molecule has 110 valence electrons. The second-order valence-electron chi connectivity index (χ2n) is 4.25. The Bertz CT molecular complexity index is 502. The molecule has 0 aromatic heterocycles. The Morgan fingerprint density at radius 3 is 2.80 bits per heavy atom. The van der Waals surface area contributed by atoms with E-state index in [9.17, 15) is 18.0 Å². The Morgan fingerprint density at radius 2 is 2.20 bits per heavy atom. The van der Waals surface area contributed by atoms with Crippen molar-refractivity contribution in [3.05, 3.63) is 28.8 Å². The molecule has 1 fully saturated rings. The number of carbonyl (C=O) groups is 1. The second kappa shape index (κ2) is 5.99. The normalized spacial score (nSPS) is 19.7. The van der Waals surface area contributed by atoms with Crippen LogP contribution in [0.25, 0.3) is 0 Å². The fourth-order valence-electron chi connectivity index (χ4n) is 1.74. The maximum atomic E-state index is 12.6. The molecular formula is C12H12ClF3N2O2. The first-order valence-electron chi connectivity index (χ1n) is 5.88. The monoisotopic (exact) mass is 308 g/mol. The molecule has 1 heterocycles. The van der Waals surface area contributed by atoms with Crippen molar-refractivity contribution in [3.8, 4) is 0 Å². The summed E-state index contributed by atoms with van der Waals surface area (Å²) in [4.78, 5) is 11.9. The Hall–Kier alpha value is -1.31. The molecule has 1 amide bonds. The van der Waals surface area contributed by atoms with E-state index < -0.39 is 23.8 Å². The number of anilines is 1. The predicted octanol–water partition coefficient (Wildman–Crippen LogP) is 2.29. The lowest BCUT2D eigenvalue weighted by Crippen LogP contribution is -2.45. The highest BCUT2D eigenvalue weighted by Crippen LogP contribution is 2.33. The van der Waals surface area contributed by atoms with E-state index in [0.29, 0.717) is 19.7 Å². The van der Waals surface area contributed by atoms with Gasteiger partial charge in [-0.05, 0) is 18.2 Å². The number of hydrogen-bond acceptors (Lipinski definition) is 3. The van der Waals surface area contributed by atoms with E-state index in [0.717, 1.165) is 18.2 Å². The van der Waals surface area contributed by atoms with Crippen LogP contribution >= 0.6 is 11.6 Å². The molecule has 1 aliphatic heterocycles. The van der Waals surface area contributed by atoms with Crippen LogP contribution in [0.4, 0.5) is 18.9 Å². The highest BCUT2D eigenvalue weighted by Gasteiger charge is 2.31. The molecule has 0 bridgehead atoms. The molecule has 20 heavy (non-hydrogen) atoms. The standard InChI is InChI=1S/C12H12ClF3N2O2/c13-8-2-1-7(12(14,15)16)5-9(8)18-11(19)10-6-17-3-4-20-10/h1-2,5,10,17H,3-4,6H2,(H,18,19). The zero-order valence-corrected chi connectivity index (χ0v) is 11.0. The van der Waals surface area contributed by atoms with Gasteiger partial charge >= 0.3 is 6.18 Å². The van der Waals surface area contributed by atoms with Crippen molar-refractivity contribution in [3.63, 3.8) is 0 Å². The van der Waals surface area contributed by atoms with Gasteiger partial charge in [-0.15, -0.1) is 0 Å². The van der Waals surface area contributed by atoms with Gasteiger partial charge in [-0.1, -0.05) is 11.6 Å². The van der Waals surface area contributed by atoms with Crippen LogP contribution < -0.4 is 10.6 Å². The molecule has 2 N–H and O–H groups in total. The van der Waals surface area contributed by atoms with Gasteiger partial charge in [0.1, 0.15) is 6.10 Å². The molecule has 8 heteroatoms. The van der Waals surface area contributed by atoms with Gasteiger partial charge in [-0.3, -0.25) is 4.79 Å². The van der Waals surface area contributed by atoms with Crippen molar-refractivity contribution >= 4 is 23.2 Å². The Balaban J connectivity index is 2.13. The van der Waals surface area contributed by atoms with Crippen LogP contribution in [0.15, 0.2) is 18.2 Å². The lowest BCUT2D eigenvalue weighted by Gasteiger charge is -2.23. The van der Waals surface area contributed by atoms with E-state index in [2.05, 4.69) is 10.6 Å². The minimum absolute atomic E-state index is 0.0371. The van der Waals surface area contributed by atoms with Crippen molar-refractivity contribution < 1.29 is 22.7 Å². The zero-order chi connectivity index (χ0) is 14.8. The number of morpholine rings is 1. The molecule has 1 saturated heterocycles. The second-order valence-corrected chi connectivity index (χ2v) is 4.65. The van der Waals surface area contributed by atoms with E-state index >= 15 is 0 Å². The van der Waals surface area contributed by atoms with Crippen LogP contribution in [0.1, 0.15) is 5.56 Å². The molecule has 0 aliphatic carbocycles. The Kier molecular flexibility index (Phi) is 4.52. The van der Waals surface area contributed by atoms with Gasteiger partial charge < -0.3 is 15.4 Å². The number of hydrogen-bond donors (Lipinski definition) is 2. The first-order valence-corrected chi connectivity index (χ1v) is 6.25. The summed E-state index contributed by atoms with van der Waals surface area (Å²) in [5.74, 6) is -0.529. The van der Waals surface area contributed by atoms with Crippen molar-refractivity contribution in [2.24, 2.45) is 0 Å². The summed E-state index contributed by atoms with van der Waals surface area (Å²) in [6.45, 7) is 1.31. The highest BCUT2D eigenvalue weighted by atomic mass is 35.5. The third-order valence-electron chi connectivity index (χ3n) is 2.77. The molecule has 0 saturated carbocycles. The van der Waals surface area contributed by atoms with Gasteiger partial charge in [0.2, 0.25) is 0 Å². The number of benzene rings is 1. The maximum absolute atomic E-state index is 12.6. The van der Waals surface area contributed by atoms with E-state index in [1.807, 2.05) is 0 Å². The van der Waals surface area contributed by atoms with Crippen LogP contribution in [0.5, 0.6) is 0 Å².